The second kappa shape index (κ2) is 7.81. The largest absolute Gasteiger partial charge is 0.454 e. The molecule has 3 rings (SSSR count). The number of aromatic amines is 1. The zero-order valence-electron chi connectivity index (χ0n) is 14.0. The number of rotatable bonds is 6. The maximum Gasteiger partial charge on any atom is 0.328 e. The summed E-state index contributed by atoms with van der Waals surface area (Å²) in [5.74, 6) is -0.762. The molecule has 0 spiro atoms. The lowest BCUT2D eigenvalue weighted by Crippen LogP contribution is -2.32. The molecule has 138 valence electrons. The number of nitrogens with one attached hydrogen (secondary N) is 2. The van der Waals surface area contributed by atoms with Crippen LogP contribution in [0, 0.1) is 0 Å². The van der Waals surface area contributed by atoms with E-state index in [4.69, 9.17) is 4.74 Å². The van der Waals surface area contributed by atoms with E-state index in [0.717, 1.165) is 42.5 Å². The molecule has 0 bridgehead atoms. The fourth-order valence-corrected chi connectivity index (χ4v) is 2.93. The van der Waals surface area contributed by atoms with Crippen molar-refractivity contribution in [2.45, 2.75) is 38.3 Å². The number of carbonyl (C=O) groups excluding carboxylic acids is 2. The van der Waals surface area contributed by atoms with E-state index in [0.29, 0.717) is 5.82 Å². The minimum Gasteiger partial charge on any atom is -0.454 e. The molecule has 2 aromatic heterocycles. The van der Waals surface area contributed by atoms with Crippen molar-refractivity contribution < 1.29 is 14.3 Å². The summed E-state index contributed by atoms with van der Waals surface area (Å²) in [5.41, 5.74) is -1.07. The molecule has 1 aliphatic carbocycles. The van der Waals surface area contributed by atoms with Crippen molar-refractivity contribution in [2.24, 2.45) is 0 Å². The summed E-state index contributed by atoms with van der Waals surface area (Å²) in [4.78, 5) is 46.4. The lowest BCUT2D eigenvalue weighted by Gasteiger charge is -2.14. The molecule has 1 aliphatic rings. The summed E-state index contributed by atoms with van der Waals surface area (Å²) >= 11 is 0. The van der Waals surface area contributed by atoms with Crippen LogP contribution in [-0.4, -0.2) is 38.0 Å². The van der Waals surface area contributed by atoms with Gasteiger partial charge in [0, 0.05) is 18.2 Å². The van der Waals surface area contributed by atoms with Gasteiger partial charge < -0.3 is 10.1 Å². The van der Waals surface area contributed by atoms with Gasteiger partial charge in [-0.1, -0.05) is 12.8 Å². The molecule has 26 heavy (non-hydrogen) atoms. The summed E-state index contributed by atoms with van der Waals surface area (Å²) in [6.45, 7) is -0.983. The van der Waals surface area contributed by atoms with E-state index in [2.05, 4.69) is 15.5 Å². The Kier molecular flexibility index (Phi) is 5.30. The molecule has 1 amide bonds. The van der Waals surface area contributed by atoms with Crippen molar-refractivity contribution in [3.05, 3.63) is 45.1 Å². The number of H-pyrrole nitrogens is 1. The summed E-state index contributed by atoms with van der Waals surface area (Å²) in [7, 11) is 0. The Balaban J connectivity index is 1.52. The number of ether oxygens (including phenoxy) is 1. The maximum absolute atomic E-state index is 12.0. The van der Waals surface area contributed by atoms with Crippen LogP contribution in [0.15, 0.2) is 34.0 Å². The first-order valence-corrected chi connectivity index (χ1v) is 8.32. The molecule has 0 aliphatic heterocycles. The van der Waals surface area contributed by atoms with Gasteiger partial charge in [-0.3, -0.25) is 24.3 Å². The Bertz CT molecular complexity index is 906. The molecule has 10 nitrogen and oxygen atoms in total. The second-order valence-corrected chi connectivity index (χ2v) is 6.04. The Morgan fingerprint density at radius 1 is 1.23 bits per heavy atom. The van der Waals surface area contributed by atoms with Crippen molar-refractivity contribution in [1.82, 2.24) is 19.6 Å². The molecule has 0 radical (unpaired) electrons. The van der Waals surface area contributed by atoms with Gasteiger partial charge in [0.2, 0.25) is 0 Å². The number of hydrogen-bond acceptors (Lipinski definition) is 6. The Labute approximate surface area is 147 Å². The van der Waals surface area contributed by atoms with Crippen LogP contribution in [-0.2, 0) is 20.9 Å². The first kappa shape index (κ1) is 17.6. The summed E-state index contributed by atoms with van der Waals surface area (Å²) < 4.78 is 7.45. The zero-order chi connectivity index (χ0) is 18.5. The van der Waals surface area contributed by atoms with Crippen LogP contribution in [0.5, 0.6) is 0 Å². The number of anilines is 1. The Morgan fingerprint density at radius 3 is 2.77 bits per heavy atom. The monoisotopic (exact) mass is 361 g/mol. The normalized spacial score (nSPS) is 14.3. The molecule has 0 aromatic carbocycles. The first-order chi connectivity index (χ1) is 12.5. The highest BCUT2D eigenvalue weighted by Crippen LogP contribution is 2.31. The van der Waals surface area contributed by atoms with Gasteiger partial charge in [0.15, 0.2) is 6.61 Å². The van der Waals surface area contributed by atoms with Gasteiger partial charge in [0.25, 0.3) is 17.0 Å². The summed E-state index contributed by atoms with van der Waals surface area (Å²) in [6, 6.07) is 4.06. The lowest BCUT2D eigenvalue weighted by atomic mass is 10.2. The number of hydrogen-bond donors (Lipinski definition) is 2. The van der Waals surface area contributed by atoms with E-state index in [9.17, 15) is 19.2 Å². The summed E-state index contributed by atoms with van der Waals surface area (Å²) in [6.07, 6.45) is 5.91. The predicted octanol–water partition coefficient (Wildman–Crippen LogP) is 0.0301. The molecule has 2 aromatic rings. The third-order valence-corrected chi connectivity index (χ3v) is 4.15. The van der Waals surface area contributed by atoms with Crippen molar-refractivity contribution >= 4 is 17.7 Å². The second-order valence-electron chi connectivity index (χ2n) is 6.04. The molecule has 10 heteroatoms. The van der Waals surface area contributed by atoms with Gasteiger partial charge in [0.05, 0.1) is 12.2 Å². The first-order valence-electron chi connectivity index (χ1n) is 8.32. The number of aromatic nitrogens is 4. The van der Waals surface area contributed by atoms with Crippen LogP contribution < -0.4 is 16.4 Å². The van der Waals surface area contributed by atoms with E-state index in [1.165, 1.54) is 0 Å². The highest BCUT2D eigenvalue weighted by atomic mass is 16.5. The predicted molar refractivity (Wildman–Crippen MR) is 90.6 cm³/mol. The molecule has 0 unspecified atom stereocenters. The molecule has 1 saturated carbocycles. The molecule has 2 N–H and O–H groups in total. The third-order valence-electron chi connectivity index (χ3n) is 4.15. The van der Waals surface area contributed by atoms with Gasteiger partial charge in [-0.2, -0.15) is 5.10 Å². The van der Waals surface area contributed by atoms with Gasteiger partial charge in [0.1, 0.15) is 12.4 Å². The molecular weight excluding hydrogens is 342 g/mol. The van der Waals surface area contributed by atoms with Gasteiger partial charge in [-0.15, -0.1) is 0 Å². The van der Waals surface area contributed by atoms with Crippen molar-refractivity contribution in [1.29, 1.82) is 0 Å². The van der Waals surface area contributed by atoms with Gasteiger partial charge >= 0.3 is 5.97 Å². The van der Waals surface area contributed by atoms with E-state index >= 15 is 0 Å². The summed E-state index contributed by atoms with van der Waals surface area (Å²) in [5, 5.41) is 9.11. The van der Waals surface area contributed by atoms with Gasteiger partial charge in [-0.05, 0) is 12.8 Å². The quantitative estimate of drug-likeness (QED) is 0.699. The van der Waals surface area contributed by atoms with Crippen molar-refractivity contribution in [2.75, 3.05) is 11.9 Å². The number of nitrogens with zero attached hydrogens (tertiary/aromatic N) is 3. The SMILES string of the molecule is O=C(COC(=O)Cn1[nH]c(=O)ccc1=O)Nc1ccnn1C1CCCC1. The molecule has 0 atom stereocenters. The standard InChI is InChI=1S/C16H19N5O5/c22-13-5-6-15(24)20(19-13)9-16(25)26-10-14(23)18-12-7-8-17-21(12)11-3-1-2-4-11/h5-8,11H,1-4,9-10H2,(H,18,23)(H,19,22). The average molecular weight is 361 g/mol. The average Bonchev–Trinajstić information content (AvgIpc) is 3.27. The van der Waals surface area contributed by atoms with E-state index in [1.54, 1.807) is 16.9 Å². The van der Waals surface area contributed by atoms with Crippen LogP contribution in [0.3, 0.4) is 0 Å². The minimum atomic E-state index is -0.812. The van der Waals surface area contributed by atoms with Crippen LogP contribution in [0.4, 0.5) is 5.82 Å². The number of carbonyl (C=O) groups is 2. The molecular formula is C16H19N5O5. The number of esters is 1. The lowest BCUT2D eigenvalue weighted by molar-refractivity contribution is -0.148. The van der Waals surface area contributed by atoms with Crippen LogP contribution in [0.2, 0.25) is 0 Å². The van der Waals surface area contributed by atoms with E-state index in [1.807, 2.05) is 0 Å². The minimum absolute atomic E-state index is 0.268. The molecule has 0 saturated heterocycles. The fraction of sp³-hybridized carbons (Fsp3) is 0.438. The number of amides is 1. The van der Waals surface area contributed by atoms with E-state index in [-0.39, 0.29) is 6.04 Å². The highest BCUT2D eigenvalue weighted by Gasteiger charge is 2.20. The van der Waals surface area contributed by atoms with Crippen molar-refractivity contribution in [3.8, 4) is 0 Å². The van der Waals surface area contributed by atoms with Crippen molar-refractivity contribution in [3.63, 3.8) is 0 Å². The fourth-order valence-electron chi connectivity index (χ4n) is 2.93. The highest BCUT2D eigenvalue weighted by molar-refractivity contribution is 5.92. The molecule has 1 fully saturated rings. The smallest absolute Gasteiger partial charge is 0.328 e. The van der Waals surface area contributed by atoms with Crippen LogP contribution in [0.25, 0.3) is 0 Å². The van der Waals surface area contributed by atoms with Crippen LogP contribution in [0.1, 0.15) is 31.7 Å². The zero-order valence-corrected chi connectivity index (χ0v) is 14.0. The van der Waals surface area contributed by atoms with E-state index < -0.39 is 36.1 Å². The topological polar surface area (TPSA) is 128 Å². The van der Waals surface area contributed by atoms with Crippen LogP contribution >= 0.6 is 0 Å². The van der Waals surface area contributed by atoms with Gasteiger partial charge in [-0.25, -0.2) is 9.36 Å². The Hall–Kier alpha value is -3.17. The Morgan fingerprint density at radius 2 is 2.00 bits per heavy atom. The maximum atomic E-state index is 12.0. The third kappa shape index (κ3) is 4.26. The molecule has 2 heterocycles.